The second kappa shape index (κ2) is 28.6. The summed E-state index contributed by atoms with van der Waals surface area (Å²) in [4.78, 5) is 30.9. The maximum absolute atomic E-state index is 9.16. The van der Waals surface area contributed by atoms with Gasteiger partial charge in [0.05, 0.1) is 52.6 Å². The van der Waals surface area contributed by atoms with Crippen molar-refractivity contribution in [3.8, 4) is 134 Å². The summed E-state index contributed by atoms with van der Waals surface area (Å²) < 4.78 is 163. The second-order valence-corrected chi connectivity index (χ2v) is 42.5. The van der Waals surface area contributed by atoms with Crippen LogP contribution in [0.3, 0.4) is 0 Å². The SMILES string of the molecule is [2H]C([2H])([2H])c1cc2c(cc1-c1c(C([2H])([2H])C)ccc3c1oc1nc4ccccc4n13)C(C)(C)C(C)(C)c1ccc(C([2H])([2H])[2H])c(-c3ccc4c(c3)-c3ccccc3-c3ncncc3-c3ccccc3-4)c1S2.[2H]C([2H])([2H])c1cc2c(cc1-c1c(C([2H])([2H])C)ccc3c1oc1nc4ccccc4n13)[Si](C)(C)C(C)(C)c1ccc(C([2H])([2H])[2H])c(-c3ccc4c(c3)-c3ccccc3-c3ncncc3-c3ccccc3-4)c1S2. The first-order valence-electron chi connectivity index (χ1n) is 50.3. The van der Waals surface area contributed by atoms with Gasteiger partial charge in [0.2, 0.25) is 0 Å². The van der Waals surface area contributed by atoms with Crippen molar-refractivity contribution in [2.45, 2.75) is 144 Å². The summed E-state index contributed by atoms with van der Waals surface area (Å²) in [6.07, 6.45) is 3.04. The molecule has 0 saturated carbocycles. The van der Waals surface area contributed by atoms with Crippen molar-refractivity contribution in [2.75, 3.05) is 0 Å². The summed E-state index contributed by atoms with van der Waals surface area (Å²) >= 11 is 2.82. The molecule has 0 radical (unpaired) electrons. The molecule has 612 valence electrons. The highest BCUT2D eigenvalue weighted by Gasteiger charge is 2.49. The van der Waals surface area contributed by atoms with Crippen LogP contribution in [0.5, 0.6) is 0 Å². The molecule has 20 aromatic rings. The van der Waals surface area contributed by atoms with Crippen molar-refractivity contribution < 1.29 is 30.8 Å². The highest BCUT2D eigenvalue weighted by molar-refractivity contribution is 8.00. The van der Waals surface area contributed by atoms with E-state index in [1.54, 1.807) is 49.1 Å². The molecule has 0 bridgehead atoms. The predicted octanol–water partition coefficient (Wildman–Crippen LogP) is 29.7. The van der Waals surface area contributed by atoms with Gasteiger partial charge in [-0.1, -0.05) is 280 Å². The number of rotatable bonds is 6. The van der Waals surface area contributed by atoms with E-state index < -0.39 is 64.1 Å². The fourth-order valence-electron chi connectivity index (χ4n) is 20.2. The van der Waals surface area contributed by atoms with Gasteiger partial charge < -0.3 is 8.83 Å². The van der Waals surface area contributed by atoms with Gasteiger partial charge >= 0.3 is 11.7 Å². The lowest BCUT2D eigenvalue weighted by Crippen LogP contribution is -2.57. The summed E-state index contributed by atoms with van der Waals surface area (Å²) in [5, 5.41) is 0.414. The molecule has 126 heavy (non-hydrogen) atoms. The Morgan fingerprint density at radius 2 is 0.770 bits per heavy atom. The quantitative estimate of drug-likeness (QED) is 0.149. The average molecular weight is 1700 g/mol. The Morgan fingerprint density at radius 3 is 1.25 bits per heavy atom. The number of imidazole rings is 2. The lowest BCUT2D eigenvalue weighted by Gasteiger charge is -2.43. The first kappa shape index (κ1) is 61.9. The molecule has 8 heterocycles. The van der Waals surface area contributed by atoms with Crippen molar-refractivity contribution in [1.29, 1.82) is 0 Å². The number of aryl methyl sites for hydroxylation is 6. The zero-order valence-corrected chi connectivity index (χ0v) is 73.4. The van der Waals surface area contributed by atoms with E-state index in [9.17, 15) is 0 Å². The summed E-state index contributed by atoms with van der Waals surface area (Å²) in [6, 6.07) is 82.4. The van der Waals surface area contributed by atoms with Crippen LogP contribution in [-0.2, 0) is 28.6 Å². The van der Waals surface area contributed by atoms with Gasteiger partial charge in [0.25, 0.3) is 0 Å². The third-order valence-electron chi connectivity index (χ3n) is 28.1. The molecule has 10 nitrogen and oxygen atoms in total. The zero-order valence-electron chi connectivity index (χ0n) is 86.8. The molecular formula is C113H92N8O2S2Si. The van der Waals surface area contributed by atoms with Gasteiger partial charge in [-0.3, -0.25) is 8.80 Å². The van der Waals surface area contributed by atoms with Gasteiger partial charge in [0.15, 0.2) is 11.2 Å². The largest absolute Gasteiger partial charge is 0.422 e. The Bertz CT molecular complexity index is 8290. The van der Waals surface area contributed by atoms with Crippen molar-refractivity contribution in [2.24, 2.45) is 0 Å². The van der Waals surface area contributed by atoms with Crippen molar-refractivity contribution in [3.05, 3.63) is 330 Å². The fraction of sp³-hybridized carbons (Fsp3) is 0.168. The molecule has 0 spiro atoms. The molecule has 0 N–H and O–H groups in total. The van der Waals surface area contributed by atoms with Crippen LogP contribution in [0.15, 0.2) is 308 Å². The third kappa shape index (κ3) is 11.3. The first-order valence-corrected chi connectivity index (χ1v) is 47.0. The van der Waals surface area contributed by atoms with Crippen molar-refractivity contribution in [1.82, 2.24) is 38.7 Å². The smallest absolute Gasteiger partial charge is 0.307 e. The molecule has 0 amide bonds. The van der Waals surface area contributed by atoms with E-state index in [0.717, 1.165) is 153 Å². The molecule has 0 atom stereocenters. The van der Waals surface area contributed by atoms with Crippen LogP contribution in [0.4, 0.5) is 0 Å². The second-order valence-electron chi connectivity index (χ2n) is 35.3. The number of para-hydroxylation sites is 4. The minimum absolute atomic E-state index is 0.0201. The van der Waals surface area contributed by atoms with E-state index in [4.69, 9.17) is 50.7 Å². The van der Waals surface area contributed by atoms with Gasteiger partial charge in [-0.2, -0.15) is 9.97 Å². The standard InChI is InChI=1S/C57H46N4OS.C56H46N4OSSi/c1-8-34-23-26-48-53(62-55-60-46-19-13-14-20-47(46)61(48)55)51(34)41-29-45-49(27-33(41)3)63-54-44(56(4,5)57(45,6)7)25-21-32(2)50(54)35-22-24-39-36-15-9-10-16-37(36)43-30-58-31-59-52(43)40-18-12-11-17-38(40)42(39)28-35;1-8-34-23-26-47-53(61-55-59-45-19-13-14-20-46(45)60(47)55)51(34)41-29-49-48(27-33(41)3)62-54-44(56(4,5)63(49,6)7)25-21-32(2)50(54)35-22-24-39-36-15-9-10-16-37(36)43-30-57-31-58-52(43)40-18-12-11-17-38(40)42(39)28-35/h2*9-31H,8H2,1-7H3/i2*2D3,3D3,8D2. The van der Waals surface area contributed by atoms with Crippen LogP contribution < -0.4 is 5.19 Å². The Labute approximate surface area is 765 Å². The van der Waals surface area contributed by atoms with E-state index in [0.29, 0.717) is 83.3 Å². The van der Waals surface area contributed by atoms with E-state index >= 15 is 0 Å². The average Bonchev–Trinajstić information content (AvgIpc) is 1.53. The maximum Gasteiger partial charge on any atom is 0.307 e. The Hall–Kier alpha value is -13.3. The van der Waals surface area contributed by atoms with Gasteiger partial charge in [0.1, 0.15) is 12.7 Å². The highest BCUT2D eigenvalue weighted by Crippen LogP contribution is 2.60. The molecule has 0 unspecified atom stereocenters. The van der Waals surface area contributed by atoms with Crippen molar-refractivity contribution >= 4 is 92.7 Å². The summed E-state index contributed by atoms with van der Waals surface area (Å²) in [5.41, 5.74) is 26.3. The van der Waals surface area contributed by atoms with Crippen LogP contribution in [0.25, 0.3) is 190 Å². The first-order chi connectivity index (χ1) is 67.3. The third-order valence-corrected chi connectivity index (χ3v) is 35.8. The van der Waals surface area contributed by atoms with Crippen LogP contribution >= 0.6 is 23.5 Å². The summed E-state index contributed by atoms with van der Waals surface area (Å²) in [6.45, 7) is 10.2. The highest BCUT2D eigenvalue weighted by atomic mass is 32.2. The molecule has 4 aliphatic rings. The number of oxazole rings is 2. The molecule has 14 aromatic carbocycles. The number of hydrogen-bond donors (Lipinski definition) is 0. The zero-order chi connectivity index (χ0) is 99.5. The predicted molar refractivity (Wildman–Crippen MR) is 523 cm³/mol. The summed E-state index contributed by atoms with van der Waals surface area (Å²) in [5.74, 6) is 0.632. The maximum atomic E-state index is 9.16. The van der Waals surface area contributed by atoms with Crippen LogP contribution in [0, 0.1) is 27.4 Å². The number of fused-ring (bicyclic) bond motifs is 30. The fourth-order valence-corrected chi connectivity index (χ4v) is 26.9. The Morgan fingerprint density at radius 1 is 0.365 bits per heavy atom. The van der Waals surface area contributed by atoms with Crippen molar-refractivity contribution in [3.63, 3.8) is 0 Å². The molecule has 0 fully saturated rings. The van der Waals surface area contributed by atoms with Gasteiger partial charge in [-0.25, -0.2) is 19.9 Å². The van der Waals surface area contributed by atoms with Crippen LogP contribution in [0.2, 0.25) is 13.1 Å². The van der Waals surface area contributed by atoms with E-state index in [-0.39, 0.29) is 27.8 Å². The normalized spacial score (nSPS) is 17.0. The minimum Gasteiger partial charge on any atom is -0.422 e. The Balaban J connectivity index is 0.000000158. The van der Waals surface area contributed by atoms with Gasteiger partial charge in [0, 0.05) is 87.3 Å². The number of hydrogen-bond acceptors (Lipinski definition) is 10. The molecular weight excluding hydrogens is 1590 g/mol. The Kier molecular flexibility index (Phi) is 14.1. The molecule has 24 rings (SSSR count). The monoisotopic (exact) mass is 1700 g/mol. The van der Waals surface area contributed by atoms with Gasteiger partial charge in [-0.15, -0.1) is 0 Å². The number of benzene rings is 14. The topological polar surface area (TPSA) is 112 Å². The van der Waals surface area contributed by atoms with E-state index in [1.807, 2.05) is 167 Å². The molecule has 2 aliphatic heterocycles. The van der Waals surface area contributed by atoms with Gasteiger partial charge in [-0.05, 0) is 267 Å². The summed E-state index contributed by atoms with van der Waals surface area (Å²) in [7, 11) is -2.82. The van der Waals surface area contributed by atoms with Crippen LogP contribution in [0.1, 0.15) is 127 Å². The molecule has 2 aliphatic carbocycles. The molecule has 13 heteroatoms. The lowest BCUT2D eigenvalue weighted by atomic mass is 9.60. The van der Waals surface area contributed by atoms with Crippen LogP contribution in [-0.4, -0.2) is 46.8 Å². The molecule has 6 aromatic heterocycles. The van der Waals surface area contributed by atoms with E-state index in [2.05, 4.69) is 137 Å². The number of aromatic nitrogens is 8. The lowest BCUT2D eigenvalue weighted by molar-refractivity contribution is 0.296. The van der Waals surface area contributed by atoms with E-state index in [1.165, 1.54) is 37.4 Å². The minimum atomic E-state index is -2.82. The molecule has 0 saturated heterocycles. The number of nitrogens with zero attached hydrogens (tertiary/aromatic N) is 8.